The third-order valence-electron chi connectivity index (χ3n) is 16.0. The van der Waals surface area contributed by atoms with Crippen molar-refractivity contribution in [2.45, 2.75) is 183 Å². The number of amides is 13. The normalized spacial score (nSPS) is 16.8. The Kier molecular flexibility index (Phi) is 33.9. The molecule has 0 spiro atoms. The van der Waals surface area contributed by atoms with Gasteiger partial charge in [-0.15, -0.1) is 0 Å². The second-order valence-corrected chi connectivity index (χ2v) is 25.1. The van der Waals surface area contributed by atoms with E-state index in [0.717, 1.165) is 0 Å². The van der Waals surface area contributed by atoms with E-state index in [1.54, 1.807) is 60.7 Å². The van der Waals surface area contributed by atoms with Crippen molar-refractivity contribution in [2.24, 2.45) is 51.0 Å². The fourth-order valence-corrected chi connectivity index (χ4v) is 11.5. The number of unbranched alkanes of at least 4 members (excludes halogenated alkanes) is 1. The maximum absolute atomic E-state index is 14.7. The summed E-state index contributed by atoms with van der Waals surface area (Å²) in [6.45, 7) is 3.86. The third-order valence-corrected chi connectivity index (χ3v) is 16.7. The van der Waals surface area contributed by atoms with Gasteiger partial charge in [0.2, 0.25) is 76.8 Å². The molecule has 0 aliphatic carbocycles. The summed E-state index contributed by atoms with van der Waals surface area (Å²) < 4.78 is 0. The molecule has 2 heterocycles. The van der Waals surface area contributed by atoms with Crippen LogP contribution >= 0.6 is 11.8 Å². The van der Waals surface area contributed by atoms with Crippen molar-refractivity contribution in [1.29, 1.82) is 0 Å². The summed E-state index contributed by atoms with van der Waals surface area (Å²) in [5.41, 5.74) is 40.6. The number of nitrogens with zero attached hydrogens (tertiary/aromatic N) is 3. The van der Waals surface area contributed by atoms with Crippen molar-refractivity contribution in [3.05, 3.63) is 71.8 Å². The molecule has 2 aliphatic heterocycles. The number of benzene rings is 2. The van der Waals surface area contributed by atoms with Crippen molar-refractivity contribution in [3.63, 3.8) is 0 Å². The molecule has 31 nitrogen and oxygen atoms in total. The molecular formula is C63H98N18O13S. The average Bonchev–Trinajstić information content (AvgIpc) is 1.74. The molecule has 2 aromatic carbocycles. The van der Waals surface area contributed by atoms with Gasteiger partial charge in [0, 0.05) is 45.3 Å². The number of primary amides is 3. The van der Waals surface area contributed by atoms with Crippen LogP contribution in [0.4, 0.5) is 0 Å². The van der Waals surface area contributed by atoms with Crippen LogP contribution in [0.25, 0.3) is 0 Å². The minimum atomic E-state index is -1.64. The summed E-state index contributed by atoms with van der Waals surface area (Å²) in [7, 11) is 0. The number of nitrogens with two attached hydrogens (primary N) is 7. The highest BCUT2D eigenvalue weighted by Crippen LogP contribution is 2.24. The van der Waals surface area contributed by atoms with Crippen LogP contribution in [0, 0.1) is 5.92 Å². The van der Waals surface area contributed by atoms with Crippen LogP contribution in [-0.2, 0) is 75.2 Å². The van der Waals surface area contributed by atoms with Gasteiger partial charge in [-0.25, -0.2) is 0 Å². The number of likely N-dealkylation sites (tertiary alicyclic amines) is 2. The SMILES string of the molecule is CSCC[C@H](NC(=O)[C@@H](CC(C)C)NC(=O)CNC(=O)[C@@H](Cc1ccccc1)NC(=O)[C@H](Cc1ccccc1)NC(=O)[C@@H](CCC(N)=O)NC(=O)[C@H](CCC(N)=O)NC(=O)[C@@H]1CCCN1C(=O)[C@@H](CCCCN)NC(=O)[C@H]1CCCN1C(=O)[C@H](N)CCCN=C(N)N)C(N)=O. The van der Waals surface area contributed by atoms with Crippen molar-refractivity contribution < 1.29 is 62.3 Å². The second-order valence-electron chi connectivity index (χ2n) is 24.1. The van der Waals surface area contributed by atoms with Gasteiger partial charge in [0.15, 0.2) is 5.96 Å². The van der Waals surface area contributed by atoms with Crippen LogP contribution in [0.1, 0.15) is 121 Å². The maximum Gasteiger partial charge on any atom is 0.245 e. The van der Waals surface area contributed by atoms with Gasteiger partial charge in [0.25, 0.3) is 0 Å². The smallest absolute Gasteiger partial charge is 0.245 e. The van der Waals surface area contributed by atoms with Crippen LogP contribution in [-0.4, -0.2) is 198 Å². The standard InChI is InChI=1S/C63H98N18O13S/c1-37(2)33-45(57(89)74-41(53(68)85)27-32-95-3)73-52(84)36-72-54(86)46(34-38-15-6-4-7-16-38)78-58(90)47(35-39-17-8-5-9-18-39)79-56(88)42(23-25-50(66)82)75-55(87)43(24-26-51(67)83)76-59(91)49-22-14-31-81(49)62(94)44(20-10-11-28-64)77-60(92)48-21-13-30-80(48)61(93)40(65)19-12-29-71-63(69)70/h4-9,15-18,37,40-49H,10-14,19-36,64-65H2,1-3H3,(H2,66,82)(H2,67,83)(H2,68,85)(H,72,86)(H,73,84)(H,74,89)(H,75,87)(H,76,91)(H,77,92)(H,78,90)(H,79,88)(H4,69,70,71)/t40-,41+,42-,43+,44-,45-,46-,47+,48-,49+/m1/s1. The van der Waals surface area contributed by atoms with E-state index in [9.17, 15) is 62.3 Å². The molecule has 2 aliphatic rings. The Labute approximate surface area is 558 Å². The highest BCUT2D eigenvalue weighted by molar-refractivity contribution is 7.98. The number of carbonyl (C=O) groups is 13. The number of rotatable bonds is 42. The molecule has 0 bridgehead atoms. The van der Waals surface area contributed by atoms with Gasteiger partial charge in [0.1, 0.15) is 54.4 Å². The molecule has 22 N–H and O–H groups in total. The lowest BCUT2D eigenvalue weighted by Crippen LogP contribution is -2.60. The van der Waals surface area contributed by atoms with Gasteiger partial charge in [-0.05, 0) is 119 Å². The van der Waals surface area contributed by atoms with Gasteiger partial charge in [0.05, 0.1) is 12.6 Å². The number of aliphatic imine (C=N–C) groups is 1. The highest BCUT2D eigenvalue weighted by atomic mass is 32.2. The van der Waals surface area contributed by atoms with Gasteiger partial charge < -0.3 is 92.5 Å². The zero-order valence-electron chi connectivity index (χ0n) is 54.5. The Balaban J connectivity index is 1.56. The third kappa shape index (κ3) is 27.5. The Hall–Kier alpha value is -8.91. The fraction of sp³-hybridized carbons (Fsp3) is 0.587. The second kappa shape index (κ2) is 41.0. The van der Waals surface area contributed by atoms with E-state index < -0.39 is 169 Å². The van der Waals surface area contributed by atoms with E-state index in [1.165, 1.54) is 21.6 Å². The summed E-state index contributed by atoms with van der Waals surface area (Å²) in [5, 5.41) is 21.1. The molecule has 2 fully saturated rings. The summed E-state index contributed by atoms with van der Waals surface area (Å²) in [5.74, 6) is -9.80. The molecular weight excluding hydrogens is 1250 g/mol. The molecule has 0 radical (unpaired) electrons. The van der Waals surface area contributed by atoms with Crippen LogP contribution < -0.4 is 82.7 Å². The van der Waals surface area contributed by atoms with Crippen molar-refractivity contribution in [1.82, 2.24) is 52.3 Å². The first kappa shape index (κ1) is 78.5. The van der Waals surface area contributed by atoms with E-state index in [4.69, 9.17) is 40.1 Å². The first-order chi connectivity index (χ1) is 45.2. The van der Waals surface area contributed by atoms with Crippen LogP contribution in [0.2, 0.25) is 0 Å². The molecule has 2 saturated heterocycles. The summed E-state index contributed by atoms with van der Waals surface area (Å²) in [6, 6.07) is 4.51. The minimum absolute atomic E-state index is 0.0736. The monoisotopic (exact) mass is 1350 g/mol. The maximum atomic E-state index is 14.7. The molecule has 13 amide bonds. The molecule has 32 heteroatoms. The molecule has 4 rings (SSSR count). The number of nitrogens with one attached hydrogen (secondary N) is 8. The van der Waals surface area contributed by atoms with Crippen LogP contribution in [0.15, 0.2) is 65.7 Å². The molecule has 95 heavy (non-hydrogen) atoms. The largest absolute Gasteiger partial charge is 0.370 e. The summed E-state index contributed by atoms with van der Waals surface area (Å²) >= 11 is 1.45. The van der Waals surface area contributed by atoms with Gasteiger partial charge in [-0.2, -0.15) is 11.8 Å². The number of guanidine groups is 1. The predicted octanol–water partition coefficient (Wildman–Crippen LogP) is -3.71. The summed E-state index contributed by atoms with van der Waals surface area (Å²) in [6.07, 6.45) is 3.12. The van der Waals surface area contributed by atoms with E-state index in [-0.39, 0.29) is 83.0 Å². The minimum Gasteiger partial charge on any atom is -0.370 e. The van der Waals surface area contributed by atoms with E-state index in [2.05, 4.69) is 47.5 Å². The van der Waals surface area contributed by atoms with Crippen LogP contribution in [0.5, 0.6) is 0 Å². The zero-order valence-corrected chi connectivity index (χ0v) is 55.3. The summed E-state index contributed by atoms with van der Waals surface area (Å²) in [4.78, 5) is 185. The Morgan fingerprint density at radius 1 is 0.537 bits per heavy atom. The lowest BCUT2D eigenvalue weighted by molar-refractivity contribution is -0.144. The van der Waals surface area contributed by atoms with Crippen molar-refractivity contribution in [3.8, 4) is 0 Å². The Bertz CT molecular complexity index is 2960. The van der Waals surface area contributed by atoms with Crippen molar-refractivity contribution in [2.75, 3.05) is 44.7 Å². The lowest BCUT2D eigenvalue weighted by Gasteiger charge is -2.32. The molecule has 524 valence electrons. The van der Waals surface area contributed by atoms with Gasteiger partial charge in [-0.1, -0.05) is 74.5 Å². The molecule has 2 aromatic rings. The molecule has 0 saturated carbocycles. The number of hydrogen-bond donors (Lipinski definition) is 15. The van der Waals surface area contributed by atoms with E-state index >= 15 is 0 Å². The van der Waals surface area contributed by atoms with Gasteiger partial charge >= 0.3 is 0 Å². The topological polar surface area (TPSA) is 519 Å². The molecule has 0 aromatic heterocycles. The Morgan fingerprint density at radius 2 is 1.01 bits per heavy atom. The lowest BCUT2D eigenvalue weighted by atomic mass is 10.0. The first-order valence-corrected chi connectivity index (χ1v) is 33.6. The van der Waals surface area contributed by atoms with Crippen LogP contribution in [0.3, 0.4) is 0 Å². The molecule has 0 unspecified atom stereocenters. The quantitative estimate of drug-likeness (QED) is 0.0173. The fourth-order valence-electron chi connectivity index (χ4n) is 11.0. The first-order valence-electron chi connectivity index (χ1n) is 32.2. The number of carbonyl (C=O) groups excluding carboxylic acids is 13. The predicted molar refractivity (Wildman–Crippen MR) is 356 cm³/mol. The number of hydrogen-bond acceptors (Lipinski definition) is 17. The number of thioether (sulfide) groups is 1. The average molecular weight is 1350 g/mol. The van der Waals surface area contributed by atoms with Gasteiger partial charge in [-0.3, -0.25) is 67.3 Å². The van der Waals surface area contributed by atoms with E-state index in [0.29, 0.717) is 55.4 Å². The Morgan fingerprint density at radius 3 is 1.51 bits per heavy atom. The highest BCUT2D eigenvalue weighted by Gasteiger charge is 2.42. The van der Waals surface area contributed by atoms with Crippen molar-refractivity contribution >= 4 is 94.5 Å². The molecule has 10 atom stereocenters. The zero-order chi connectivity index (χ0) is 70.1. The van der Waals surface area contributed by atoms with E-state index in [1.807, 2.05) is 20.1 Å².